The minimum atomic E-state index is -0.104. The second-order valence-corrected chi connectivity index (χ2v) is 6.17. The van der Waals surface area contributed by atoms with Gasteiger partial charge in [0.25, 0.3) is 5.91 Å². The van der Waals surface area contributed by atoms with Crippen molar-refractivity contribution in [2.75, 3.05) is 16.8 Å². The summed E-state index contributed by atoms with van der Waals surface area (Å²) in [5, 5.41) is 7.21. The molecule has 5 heteroatoms. The van der Waals surface area contributed by atoms with Gasteiger partial charge < -0.3 is 10.2 Å². The van der Waals surface area contributed by atoms with E-state index >= 15 is 0 Å². The molecule has 0 fully saturated rings. The number of benzene rings is 1. The second kappa shape index (κ2) is 8.52. The van der Waals surface area contributed by atoms with Gasteiger partial charge in [0.1, 0.15) is 5.82 Å². The van der Waals surface area contributed by atoms with Gasteiger partial charge in [-0.15, -0.1) is 0 Å². The van der Waals surface area contributed by atoms with Crippen LogP contribution in [0.4, 0.5) is 11.5 Å². The molecule has 130 valence electrons. The highest BCUT2D eigenvalue weighted by atomic mass is 16.1. The third-order valence-electron chi connectivity index (χ3n) is 4.11. The molecule has 1 amide bonds. The summed E-state index contributed by atoms with van der Waals surface area (Å²) in [7, 11) is 0. The molecule has 0 saturated carbocycles. The number of unbranched alkanes of at least 4 members (excludes halogenated alkanes) is 1. The Hall–Kier alpha value is -2.30. The quantitative estimate of drug-likeness (QED) is 0.791. The van der Waals surface area contributed by atoms with Crippen molar-refractivity contribution in [3.8, 4) is 0 Å². The summed E-state index contributed by atoms with van der Waals surface area (Å²) in [5.41, 5.74) is 1.79. The van der Waals surface area contributed by atoms with Crippen LogP contribution >= 0.6 is 0 Å². The van der Waals surface area contributed by atoms with Gasteiger partial charge in [0.15, 0.2) is 0 Å². The van der Waals surface area contributed by atoms with E-state index in [9.17, 15) is 4.79 Å². The summed E-state index contributed by atoms with van der Waals surface area (Å²) in [4.78, 5) is 14.7. The van der Waals surface area contributed by atoms with Gasteiger partial charge in [0.2, 0.25) is 0 Å². The fraction of sp³-hybridized carbons (Fsp3) is 0.474. The summed E-state index contributed by atoms with van der Waals surface area (Å²) in [5.74, 6) is 0.641. The summed E-state index contributed by atoms with van der Waals surface area (Å²) in [6, 6.07) is 10.0. The predicted octanol–water partition coefficient (Wildman–Crippen LogP) is 4.17. The number of hydrogen-bond acceptors (Lipinski definition) is 3. The van der Waals surface area contributed by atoms with Crippen LogP contribution in [0.25, 0.3) is 0 Å². The van der Waals surface area contributed by atoms with Gasteiger partial charge in [0, 0.05) is 36.4 Å². The monoisotopic (exact) mass is 328 g/mol. The van der Waals surface area contributed by atoms with E-state index in [2.05, 4.69) is 43.0 Å². The first-order chi connectivity index (χ1) is 11.6. The Bertz CT molecular complexity index is 646. The maximum atomic E-state index is 12.5. The Morgan fingerprint density at radius 1 is 1.21 bits per heavy atom. The third-order valence-corrected chi connectivity index (χ3v) is 4.11. The van der Waals surface area contributed by atoms with Crippen molar-refractivity contribution < 1.29 is 4.79 Å². The molecule has 0 aliphatic heterocycles. The van der Waals surface area contributed by atoms with Gasteiger partial charge in [-0.2, -0.15) is 5.10 Å². The van der Waals surface area contributed by atoms with E-state index in [1.54, 1.807) is 6.20 Å². The van der Waals surface area contributed by atoms with Crippen molar-refractivity contribution in [2.45, 2.75) is 53.1 Å². The van der Waals surface area contributed by atoms with Crippen LogP contribution in [0.15, 0.2) is 36.5 Å². The van der Waals surface area contributed by atoms with Crippen LogP contribution in [0, 0.1) is 0 Å². The highest BCUT2D eigenvalue weighted by Crippen LogP contribution is 2.18. The summed E-state index contributed by atoms with van der Waals surface area (Å²) < 4.78 is 1.84. The smallest absolute Gasteiger partial charge is 0.256 e. The summed E-state index contributed by atoms with van der Waals surface area (Å²) >= 11 is 0. The summed E-state index contributed by atoms with van der Waals surface area (Å²) in [6.07, 6.45) is 3.86. The molecule has 0 atom stereocenters. The van der Waals surface area contributed by atoms with E-state index in [1.165, 1.54) is 0 Å². The molecule has 24 heavy (non-hydrogen) atoms. The molecule has 0 unspecified atom stereocenters. The standard InChI is InChI=1S/C19H28N4O/c1-5-7-14-23-18(12-13-20-23)21-19(24)16-8-10-17(11-9-16)22(6-2)15(3)4/h8-13,15H,5-7,14H2,1-4H3,(H,21,24). The average Bonchev–Trinajstić information content (AvgIpc) is 3.01. The number of aryl methyl sites for hydroxylation is 1. The summed E-state index contributed by atoms with van der Waals surface area (Å²) in [6.45, 7) is 10.4. The number of nitrogens with zero attached hydrogens (tertiary/aromatic N) is 3. The number of nitrogens with one attached hydrogen (secondary N) is 1. The Labute approximate surface area is 144 Å². The number of aromatic nitrogens is 2. The predicted molar refractivity (Wildman–Crippen MR) is 99.7 cm³/mol. The molecule has 2 rings (SSSR count). The minimum Gasteiger partial charge on any atom is -0.369 e. The van der Waals surface area contributed by atoms with Gasteiger partial charge >= 0.3 is 0 Å². The zero-order valence-corrected chi connectivity index (χ0v) is 15.1. The molecule has 2 aromatic rings. The van der Waals surface area contributed by atoms with Crippen molar-refractivity contribution in [2.24, 2.45) is 0 Å². The van der Waals surface area contributed by atoms with Crippen molar-refractivity contribution in [1.82, 2.24) is 9.78 Å². The van der Waals surface area contributed by atoms with Crippen LogP contribution in [0.3, 0.4) is 0 Å². The molecule has 5 nitrogen and oxygen atoms in total. The normalized spacial score (nSPS) is 10.9. The SMILES string of the molecule is CCCCn1nccc1NC(=O)c1ccc(N(CC)C(C)C)cc1. The lowest BCUT2D eigenvalue weighted by Crippen LogP contribution is -2.30. The molecule has 1 aromatic carbocycles. The van der Waals surface area contributed by atoms with Crippen LogP contribution in [0.1, 0.15) is 50.9 Å². The maximum absolute atomic E-state index is 12.5. The Morgan fingerprint density at radius 3 is 2.50 bits per heavy atom. The Morgan fingerprint density at radius 2 is 1.92 bits per heavy atom. The first kappa shape index (κ1) is 18.0. The van der Waals surface area contributed by atoms with Crippen LogP contribution in [0.5, 0.6) is 0 Å². The van der Waals surface area contributed by atoms with Crippen LogP contribution < -0.4 is 10.2 Å². The lowest BCUT2D eigenvalue weighted by molar-refractivity contribution is 0.102. The number of hydrogen-bond donors (Lipinski definition) is 1. The molecule has 0 aliphatic carbocycles. The average molecular weight is 328 g/mol. The Kier molecular flexibility index (Phi) is 6.41. The number of anilines is 2. The van der Waals surface area contributed by atoms with E-state index < -0.39 is 0 Å². The number of amides is 1. The lowest BCUT2D eigenvalue weighted by atomic mass is 10.1. The van der Waals surface area contributed by atoms with Crippen molar-refractivity contribution >= 4 is 17.4 Å². The largest absolute Gasteiger partial charge is 0.369 e. The van der Waals surface area contributed by atoms with Crippen molar-refractivity contribution in [3.05, 3.63) is 42.1 Å². The van der Waals surface area contributed by atoms with Gasteiger partial charge in [-0.05, 0) is 51.5 Å². The molecule has 0 saturated heterocycles. The van der Waals surface area contributed by atoms with E-state index in [0.717, 1.165) is 37.4 Å². The molecule has 1 N–H and O–H groups in total. The molecule has 0 spiro atoms. The fourth-order valence-corrected chi connectivity index (χ4v) is 2.76. The molecular weight excluding hydrogens is 300 g/mol. The first-order valence-electron chi connectivity index (χ1n) is 8.76. The second-order valence-electron chi connectivity index (χ2n) is 6.17. The topological polar surface area (TPSA) is 50.2 Å². The highest BCUT2D eigenvalue weighted by molar-refractivity contribution is 6.04. The van der Waals surface area contributed by atoms with Crippen molar-refractivity contribution in [1.29, 1.82) is 0 Å². The van der Waals surface area contributed by atoms with Gasteiger partial charge in [-0.1, -0.05) is 13.3 Å². The third kappa shape index (κ3) is 4.37. The zero-order valence-electron chi connectivity index (χ0n) is 15.1. The lowest BCUT2D eigenvalue weighted by Gasteiger charge is -2.27. The molecule has 0 bridgehead atoms. The van der Waals surface area contributed by atoms with Crippen molar-refractivity contribution in [3.63, 3.8) is 0 Å². The molecule has 0 aliphatic rings. The van der Waals surface area contributed by atoms with Gasteiger partial charge in [0.05, 0.1) is 6.20 Å². The molecule has 1 heterocycles. The fourth-order valence-electron chi connectivity index (χ4n) is 2.76. The first-order valence-corrected chi connectivity index (χ1v) is 8.76. The highest BCUT2D eigenvalue weighted by Gasteiger charge is 2.12. The maximum Gasteiger partial charge on any atom is 0.256 e. The van der Waals surface area contributed by atoms with E-state index in [4.69, 9.17) is 0 Å². The van der Waals surface area contributed by atoms with Crippen LogP contribution in [0.2, 0.25) is 0 Å². The van der Waals surface area contributed by atoms with Gasteiger partial charge in [-0.25, -0.2) is 4.68 Å². The molecule has 1 aromatic heterocycles. The number of rotatable bonds is 8. The van der Waals surface area contributed by atoms with E-state index in [0.29, 0.717) is 11.6 Å². The van der Waals surface area contributed by atoms with E-state index in [1.807, 2.05) is 35.0 Å². The molecular formula is C19H28N4O. The van der Waals surface area contributed by atoms with Gasteiger partial charge in [-0.3, -0.25) is 4.79 Å². The molecule has 0 radical (unpaired) electrons. The number of carbonyl (C=O) groups excluding carboxylic acids is 1. The zero-order chi connectivity index (χ0) is 17.5. The van der Waals surface area contributed by atoms with E-state index in [-0.39, 0.29) is 5.91 Å². The minimum absolute atomic E-state index is 0.104. The van der Waals surface area contributed by atoms with Crippen LogP contribution in [-0.2, 0) is 6.54 Å². The Balaban J connectivity index is 2.07. The van der Waals surface area contributed by atoms with Crippen LogP contribution in [-0.4, -0.2) is 28.3 Å². The number of carbonyl (C=O) groups is 1.